The highest BCUT2D eigenvalue weighted by atomic mass is 32.1. The van der Waals surface area contributed by atoms with Crippen LogP contribution in [0.3, 0.4) is 0 Å². The Morgan fingerprint density at radius 1 is 1.64 bits per heavy atom. The Balaban J connectivity index is 2.34. The summed E-state index contributed by atoms with van der Waals surface area (Å²) in [5.41, 5.74) is 5.83. The molecule has 1 heterocycles. The molecule has 1 aromatic heterocycles. The van der Waals surface area contributed by atoms with E-state index in [2.05, 4.69) is 4.98 Å². The molecule has 0 saturated heterocycles. The molecular weight excluding hydrogens is 196 g/mol. The summed E-state index contributed by atoms with van der Waals surface area (Å²) < 4.78 is 0. The third-order valence-electron chi connectivity index (χ3n) is 2.71. The molecular formula is C10H14N2OS. The van der Waals surface area contributed by atoms with Crippen LogP contribution in [-0.4, -0.2) is 10.9 Å². The van der Waals surface area contributed by atoms with E-state index in [4.69, 9.17) is 5.73 Å². The van der Waals surface area contributed by atoms with Crippen LogP contribution < -0.4 is 5.73 Å². The van der Waals surface area contributed by atoms with Crippen LogP contribution in [0.5, 0.6) is 0 Å². The van der Waals surface area contributed by atoms with Crippen molar-refractivity contribution in [2.24, 2.45) is 5.73 Å². The Morgan fingerprint density at radius 3 is 2.79 bits per heavy atom. The highest BCUT2D eigenvalue weighted by Gasteiger charge is 2.27. The van der Waals surface area contributed by atoms with E-state index in [1.54, 1.807) is 11.3 Å². The molecule has 0 bridgehead atoms. The van der Waals surface area contributed by atoms with E-state index in [1.165, 1.54) is 19.3 Å². The van der Waals surface area contributed by atoms with Gasteiger partial charge in [0, 0.05) is 4.88 Å². The first-order valence-corrected chi connectivity index (χ1v) is 5.83. The van der Waals surface area contributed by atoms with E-state index in [9.17, 15) is 4.79 Å². The van der Waals surface area contributed by atoms with Crippen molar-refractivity contribution in [2.75, 3.05) is 0 Å². The van der Waals surface area contributed by atoms with Gasteiger partial charge in [-0.2, -0.15) is 0 Å². The van der Waals surface area contributed by atoms with Gasteiger partial charge >= 0.3 is 0 Å². The molecule has 0 aromatic carbocycles. The van der Waals surface area contributed by atoms with Crippen LogP contribution in [-0.2, 0) is 6.42 Å². The zero-order valence-corrected chi connectivity index (χ0v) is 9.06. The normalized spacial score (nSPS) is 16.6. The summed E-state index contributed by atoms with van der Waals surface area (Å²) in [7, 11) is 0. The molecule has 1 aliphatic rings. The topological polar surface area (TPSA) is 56.0 Å². The van der Waals surface area contributed by atoms with Gasteiger partial charge in [0.15, 0.2) is 0 Å². The van der Waals surface area contributed by atoms with E-state index in [1.807, 2.05) is 6.92 Å². The van der Waals surface area contributed by atoms with Crippen LogP contribution in [0.4, 0.5) is 0 Å². The number of carbonyl (C=O) groups excluding carboxylic acids is 1. The second-order valence-electron chi connectivity index (χ2n) is 3.67. The monoisotopic (exact) mass is 210 g/mol. The van der Waals surface area contributed by atoms with Crippen molar-refractivity contribution in [3.05, 3.63) is 15.6 Å². The maximum absolute atomic E-state index is 11.2. The molecule has 4 heteroatoms. The second-order valence-corrected chi connectivity index (χ2v) is 4.78. The average Bonchev–Trinajstić information content (AvgIpc) is 2.45. The highest BCUT2D eigenvalue weighted by molar-refractivity contribution is 7.12. The fourth-order valence-corrected chi connectivity index (χ4v) is 2.83. The van der Waals surface area contributed by atoms with Crippen LogP contribution in [0, 0.1) is 0 Å². The fraction of sp³-hybridized carbons (Fsp3) is 0.600. The minimum absolute atomic E-state index is 0.372. The molecule has 0 spiro atoms. The third kappa shape index (κ3) is 1.54. The van der Waals surface area contributed by atoms with Crippen molar-refractivity contribution < 1.29 is 4.79 Å². The lowest BCUT2D eigenvalue weighted by Crippen LogP contribution is -2.17. The largest absolute Gasteiger partial charge is 0.364 e. The first kappa shape index (κ1) is 9.65. The van der Waals surface area contributed by atoms with Crippen molar-refractivity contribution in [3.63, 3.8) is 0 Å². The number of hydrogen-bond acceptors (Lipinski definition) is 3. The Hall–Kier alpha value is -0.900. The first-order chi connectivity index (χ1) is 6.72. The van der Waals surface area contributed by atoms with Crippen LogP contribution >= 0.6 is 11.3 Å². The predicted octanol–water partition coefficient (Wildman–Crippen LogP) is 2.07. The number of thiazole rings is 1. The molecule has 3 nitrogen and oxygen atoms in total. The van der Waals surface area contributed by atoms with Crippen LogP contribution in [0.15, 0.2) is 0 Å². The van der Waals surface area contributed by atoms with Gasteiger partial charge in [-0.3, -0.25) is 4.79 Å². The summed E-state index contributed by atoms with van der Waals surface area (Å²) in [5, 5.41) is 1.03. The van der Waals surface area contributed by atoms with Crippen molar-refractivity contribution in [1.82, 2.24) is 4.98 Å². The molecule has 0 atom stereocenters. The summed E-state index contributed by atoms with van der Waals surface area (Å²) in [4.78, 5) is 16.6. The van der Waals surface area contributed by atoms with E-state index >= 15 is 0 Å². The predicted molar refractivity (Wildman–Crippen MR) is 56.6 cm³/mol. The lowest BCUT2D eigenvalue weighted by molar-refractivity contribution is 0.0994. The second kappa shape index (κ2) is 3.69. The fourth-order valence-electron chi connectivity index (χ4n) is 1.65. The lowest BCUT2D eigenvalue weighted by Gasteiger charge is -2.24. The maximum Gasteiger partial charge on any atom is 0.268 e. The zero-order chi connectivity index (χ0) is 10.1. The summed E-state index contributed by atoms with van der Waals surface area (Å²) in [6, 6.07) is 0. The maximum atomic E-state index is 11.2. The Labute approximate surface area is 87.3 Å². The van der Waals surface area contributed by atoms with Gasteiger partial charge in [0.25, 0.3) is 5.91 Å². The third-order valence-corrected chi connectivity index (χ3v) is 4.07. The van der Waals surface area contributed by atoms with E-state index in [-0.39, 0.29) is 5.91 Å². The van der Waals surface area contributed by atoms with Gasteiger partial charge in [-0.05, 0) is 25.2 Å². The zero-order valence-electron chi connectivity index (χ0n) is 8.25. The van der Waals surface area contributed by atoms with Gasteiger partial charge in [-0.25, -0.2) is 4.98 Å². The lowest BCUT2D eigenvalue weighted by atomic mass is 9.83. The van der Waals surface area contributed by atoms with E-state index < -0.39 is 0 Å². The van der Waals surface area contributed by atoms with Gasteiger partial charge < -0.3 is 5.73 Å². The van der Waals surface area contributed by atoms with Gasteiger partial charge in [-0.15, -0.1) is 11.3 Å². The van der Waals surface area contributed by atoms with Crippen molar-refractivity contribution in [2.45, 2.75) is 38.5 Å². The molecule has 0 radical (unpaired) electrons. The molecule has 76 valence electrons. The number of hydrogen-bond donors (Lipinski definition) is 1. The number of nitrogens with two attached hydrogens (primary N) is 1. The number of amides is 1. The number of aromatic nitrogens is 1. The molecule has 0 unspecified atom stereocenters. The first-order valence-electron chi connectivity index (χ1n) is 5.01. The molecule has 14 heavy (non-hydrogen) atoms. The van der Waals surface area contributed by atoms with Crippen molar-refractivity contribution in [3.8, 4) is 0 Å². The highest BCUT2D eigenvalue weighted by Crippen LogP contribution is 2.40. The number of primary amides is 1. The van der Waals surface area contributed by atoms with Crippen molar-refractivity contribution in [1.29, 1.82) is 0 Å². The van der Waals surface area contributed by atoms with E-state index in [0.717, 1.165) is 16.3 Å². The standard InChI is InChI=1S/C10H14N2OS/c1-2-7-12-8(10(11)13)9(14-7)6-4-3-5-6/h6H,2-5H2,1H3,(H2,11,13). The van der Waals surface area contributed by atoms with Gasteiger partial charge in [0.1, 0.15) is 5.69 Å². The minimum Gasteiger partial charge on any atom is -0.364 e. The molecule has 2 N–H and O–H groups in total. The number of nitrogens with zero attached hydrogens (tertiary/aromatic N) is 1. The quantitative estimate of drug-likeness (QED) is 0.830. The molecule has 1 saturated carbocycles. The van der Waals surface area contributed by atoms with Gasteiger partial charge in [-0.1, -0.05) is 13.3 Å². The molecule has 1 amide bonds. The number of rotatable bonds is 3. The van der Waals surface area contributed by atoms with Crippen LogP contribution in [0.25, 0.3) is 0 Å². The van der Waals surface area contributed by atoms with E-state index in [0.29, 0.717) is 11.6 Å². The number of aryl methyl sites for hydroxylation is 1. The molecule has 2 rings (SSSR count). The number of carbonyl (C=O) groups is 1. The smallest absolute Gasteiger partial charge is 0.268 e. The summed E-state index contributed by atoms with van der Waals surface area (Å²) in [5.74, 6) is 0.179. The molecule has 0 aliphatic heterocycles. The summed E-state index contributed by atoms with van der Waals surface area (Å²) in [6.45, 7) is 2.05. The van der Waals surface area contributed by atoms with Crippen LogP contribution in [0.1, 0.15) is 52.5 Å². The SMILES string of the molecule is CCc1nc(C(N)=O)c(C2CCC2)s1. The minimum atomic E-state index is -0.372. The summed E-state index contributed by atoms with van der Waals surface area (Å²) >= 11 is 1.66. The van der Waals surface area contributed by atoms with Gasteiger partial charge in [0.2, 0.25) is 0 Å². The molecule has 1 aromatic rings. The van der Waals surface area contributed by atoms with Crippen LogP contribution in [0.2, 0.25) is 0 Å². The Bertz CT molecular complexity index is 355. The van der Waals surface area contributed by atoms with Crippen molar-refractivity contribution >= 4 is 17.2 Å². The molecule has 1 aliphatic carbocycles. The summed E-state index contributed by atoms with van der Waals surface area (Å²) in [6.07, 6.45) is 4.52. The Morgan fingerprint density at radius 2 is 2.36 bits per heavy atom. The Kier molecular flexibility index (Phi) is 2.54. The average molecular weight is 210 g/mol. The molecule has 1 fully saturated rings. The van der Waals surface area contributed by atoms with Gasteiger partial charge in [0.05, 0.1) is 5.01 Å².